The Bertz CT molecular complexity index is 436. The number of hydrogen-bond donors (Lipinski definition) is 2. The number of ether oxygens (including phenoxy) is 1. The highest BCUT2D eigenvalue weighted by Crippen LogP contribution is 2.29. The van der Waals surface area contributed by atoms with E-state index in [1.807, 2.05) is 0 Å². The zero-order valence-electron chi connectivity index (χ0n) is 8.41. The number of nitrogens with two attached hydrogens (primary N) is 1. The molecular formula is C9H12FN3O3. The van der Waals surface area contributed by atoms with Crippen molar-refractivity contribution >= 4 is 5.82 Å². The van der Waals surface area contributed by atoms with Crippen LogP contribution < -0.4 is 11.4 Å². The fraction of sp³-hybridized carbons (Fsp3) is 0.556. The highest BCUT2D eigenvalue weighted by molar-refractivity contribution is 5.23. The van der Waals surface area contributed by atoms with Gasteiger partial charge < -0.3 is 15.6 Å². The van der Waals surface area contributed by atoms with Gasteiger partial charge >= 0.3 is 5.69 Å². The standard InChI is InChI=1S/C9H12FN3O3/c10-7-5(3-14)4-16-8(7)13-2-1-6(11)12-9(13)15/h1-2,5,7-8,14H,3-4H2,(H2,11,12,15)/t5-,7-,8+/m1/s1. The Morgan fingerprint density at radius 3 is 3.06 bits per heavy atom. The topological polar surface area (TPSA) is 90.4 Å². The average Bonchev–Trinajstić information content (AvgIpc) is 2.60. The summed E-state index contributed by atoms with van der Waals surface area (Å²) >= 11 is 0. The fourth-order valence-electron chi connectivity index (χ4n) is 1.65. The van der Waals surface area contributed by atoms with Crippen molar-refractivity contribution < 1.29 is 14.2 Å². The van der Waals surface area contributed by atoms with Gasteiger partial charge in [0.1, 0.15) is 5.82 Å². The van der Waals surface area contributed by atoms with Crippen LogP contribution in [0.1, 0.15) is 6.23 Å². The first-order valence-electron chi connectivity index (χ1n) is 4.84. The monoisotopic (exact) mass is 229 g/mol. The van der Waals surface area contributed by atoms with Gasteiger partial charge in [-0.3, -0.25) is 4.57 Å². The fourth-order valence-corrected chi connectivity index (χ4v) is 1.65. The lowest BCUT2D eigenvalue weighted by molar-refractivity contribution is 0.0177. The molecule has 1 aliphatic heterocycles. The molecule has 0 aliphatic carbocycles. The SMILES string of the molecule is Nc1ccn([C@H]2OC[C@@H](CO)[C@H]2F)c(=O)n1. The number of rotatable bonds is 2. The van der Waals surface area contributed by atoms with E-state index in [1.54, 1.807) is 0 Å². The molecule has 2 heterocycles. The Labute approximate surface area is 90.5 Å². The maximum atomic E-state index is 13.7. The molecule has 16 heavy (non-hydrogen) atoms. The molecule has 6 nitrogen and oxygen atoms in total. The Kier molecular flexibility index (Phi) is 2.88. The van der Waals surface area contributed by atoms with Crippen LogP contribution in [-0.4, -0.2) is 34.0 Å². The van der Waals surface area contributed by atoms with Gasteiger partial charge in [-0.1, -0.05) is 0 Å². The van der Waals surface area contributed by atoms with Crippen LogP contribution in [0.5, 0.6) is 0 Å². The third kappa shape index (κ3) is 1.79. The van der Waals surface area contributed by atoms with Crippen LogP contribution in [0, 0.1) is 5.92 Å². The molecule has 1 fully saturated rings. The molecule has 1 aromatic rings. The summed E-state index contributed by atoms with van der Waals surface area (Å²) in [6, 6.07) is 1.39. The van der Waals surface area contributed by atoms with Gasteiger partial charge in [0, 0.05) is 12.1 Å². The van der Waals surface area contributed by atoms with Crippen LogP contribution in [0.2, 0.25) is 0 Å². The van der Waals surface area contributed by atoms with E-state index in [2.05, 4.69) is 4.98 Å². The Morgan fingerprint density at radius 1 is 1.75 bits per heavy atom. The number of aliphatic hydroxyl groups is 1. The van der Waals surface area contributed by atoms with Crippen molar-refractivity contribution in [3.63, 3.8) is 0 Å². The van der Waals surface area contributed by atoms with Gasteiger partial charge in [0.15, 0.2) is 12.4 Å². The van der Waals surface area contributed by atoms with Crippen molar-refractivity contribution in [2.24, 2.45) is 5.92 Å². The zero-order chi connectivity index (χ0) is 11.7. The molecule has 0 radical (unpaired) electrons. The van der Waals surface area contributed by atoms with Gasteiger partial charge in [-0.05, 0) is 6.07 Å². The number of nitrogen functional groups attached to an aromatic ring is 1. The third-order valence-corrected chi connectivity index (χ3v) is 2.56. The van der Waals surface area contributed by atoms with Crippen molar-refractivity contribution in [2.45, 2.75) is 12.4 Å². The number of aromatic nitrogens is 2. The smallest absolute Gasteiger partial charge is 0.351 e. The van der Waals surface area contributed by atoms with Gasteiger partial charge in [0.05, 0.1) is 13.2 Å². The Balaban J connectivity index is 2.29. The maximum Gasteiger partial charge on any atom is 0.351 e. The molecule has 0 bridgehead atoms. The summed E-state index contributed by atoms with van der Waals surface area (Å²) in [5.74, 6) is -0.525. The summed E-state index contributed by atoms with van der Waals surface area (Å²) in [4.78, 5) is 14.9. The summed E-state index contributed by atoms with van der Waals surface area (Å²) in [6.45, 7) is -0.228. The summed E-state index contributed by atoms with van der Waals surface area (Å²) in [6.07, 6.45) is -1.12. The largest absolute Gasteiger partial charge is 0.396 e. The van der Waals surface area contributed by atoms with E-state index < -0.39 is 24.0 Å². The lowest BCUT2D eigenvalue weighted by Crippen LogP contribution is -2.32. The lowest BCUT2D eigenvalue weighted by atomic mass is 10.1. The number of aliphatic hydroxyl groups excluding tert-OH is 1. The highest BCUT2D eigenvalue weighted by Gasteiger charge is 2.38. The molecule has 7 heteroatoms. The maximum absolute atomic E-state index is 13.7. The minimum Gasteiger partial charge on any atom is -0.396 e. The molecule has 1 aliphatic rings. The Hall–Kier alpha value is -1.47. The summed E-state index contributed by atoms with van der Waals surface area (Å²) in [5.41, 5.74) is 4.65. The van der Waals surface area contributed by atoms with Gasteiger partial charge in [0.2, 0.25) is 0 Å². The first kappa shape index (κ1) is 11.0. The molecular weight excluding hydrogens is 217 g/mol. The van der Waals surface area contributed by atoms with E-state index in [1.165, 1.54) is 12.3 Å². The second-order valence-electron chi connectivity index (χ2n) is 3.65. The number of hydrogen-bond acceptors (Lipinski definition) is 5. The van der Waals surface area contributed by atoms with Crippen molar-refractivity contribution in [3.8, 4) is 0 Å². The predicted molar refractivity (Wildman–Crippen MR) is 53.4 cm³/mol. The molecule has 3 atom stereocenters. The molecule has 0 aromatic carbocycles. The predicted octanol–water partition coefficient (Wildman–Crippen LogP) is -0.699. The van der Waals surface area contributed by atoms with E-state index in [-0.39, 0.29) is 19.0 Å². The van der Waals surface area contributed by atoms with Crippen LogP contribution >= 0.6 is 0 Å². The van der Waals surface area contributed by atoms with Crippen molar-refractivity contribution in [3.05, 3.63) is 22.7 Å². The minimum absolute atomic E-state index is 0.0772. The van der Waals surface area contributed by atoms with Gasteiger partial charge in [-0.2, -0.15) is 4.98 Å². The number of nitrogens with zero attached hydrogens (tertiary/aromatic N) is 2. The summed E-state index contributed by atoms with van der Waals surface area (Å²) < 4.78 is 19.9. The van der Waals surface area contributed by atoms with E-state index >= 15 is 0 Å². The van der Waals surface area contributed by atoms with E-state index in [0.717, 1.165) is 4.57 Å². The van der Waals surface area contributed by atoms with E-state index in [9.17, 15) is 9.18 Å². The normalized spacial score (nSPS) is 29.5. The second kappa shape index (κ2) is 4.18. The van der Waals surface area contributed by atoms with Crippen LogP contribution in [0.4, 0.5) is 10.2 Å². The molecule has 2 rings (SSSR count). The second-order valence-corrected chi connectivity index (χ2v) is 3.65. The minimum atomic E-state index is -1.42. The number of anilines is 1. The van der Waals surface area contributed by atoms with Crippen molar-refractivity contribution in [1.29, 1.82) is 0 Å². The molecule has 0 amide bonds. The summed E-state index contributed by atoms with van der Waals surface area (Å²) in [7, 11) is 0. The Morgan fingerprint density at radius 2 is 2.50 bits per heavy atom. The molecule has 0 unspecified atom stereocenters. The van der Waals surface area contributed by atoms with Crippen LogP contribution in [-0.2, 0) is 4.74 Å². The molecule has 88 valence electrons. The quantitative estimate of drug-likeness (QED) is 0.700. The average molecular weight is 229 g/mol. The van der Waals surface area contributed by atoms with E-state index in [4.69, 9.17) is 15.6 Å². The highest BCUT2D eigenvalue weighted by atomic mass is 19.1. The molecule has 0 spiro atoms. The molecule has 3 N–H and O–H groups in total. The van der Waals surface area contributed by atoms with Gasteiger partial charge in [-0.25, -0.2) is 9.18 Å². The van der Waals surface area contributed by atoms with Crippen LogP contribution in [0.25, 0.3) is 0 Å². The van der Waals surface area contributed by atoms with Crippen molar-refractivity contribution in [1.82, 2.24) is 9.55 Å². The molecule has 1 aromatic heterocycles. The van der Waals surface area contributed by atoms with Crippen LogP contribution in [0.15, 0.2) is 17.1 Å². The van der Waals surface area contributed by atoms with Gasteiger partial charge in [0.25, 0.3) is 0 Å². The number of alkyl halides is 1. The third-order valence-electron chi connectivity index (χ3n) is 2.56. The van der Waals surface area contributed by atoms with Crippen LogP contribution in [0.3, 0.4) is 0 Å². The number of halogens is 1. The zero-order valence-corrected chi connectivity index (χ0v) is 8.41. The van der Waals surface area contributed by atoms with E-state index in [0.29, 0.717) is 0 Å². The van der Waals surface area contributed by atoms with Gasteiger partial charge in [-0.15, -0.1) is 0 Å². The first-order chi connectivity index (χ1) is 7.63. The molecule has 1 saturated heterocycles. The molecule has 0 saturated carbocycles. The first-order valence-corrected chi connectivity index (χ1v) is 4.84. The lowest BCUT2D eigenvalue weighted by Gasteiger charge is -2.16. The summed E-state index contributed by atoms with van der Waals surface area (Å²) in [5, 5.41) is 8.87. The van der Waals surface area contributed by atoms with Crippen molar-refractivity contribution in [2.75, 3.05) is 18.9 Å².